The van der Waals surface area contributed by atoms with Crippen molar-refractivity contribution in [3.05, 3.63) is 23.8 Å². The van der Waals surface area contributed by atoms with E-state index < -0.39 is 0 Å². The van der Waals surface area contributed by atoms with Gasteiger partial charge in [-0.25, -0.2) is 0 Å². The molecule has 0 atom stereocenters. The summed E-state index contributed by atoms with van der Waals surface area (Å²) < 4.78 is 0. The maximum Gasteiger partial charge on any atom is 0.253 e. The zero-order chi connectivity index (χ0) is 14.6. The van der Waals surface area contributed by atoms with Crippen LogP contribution in [-0.4, -0.2) is 64.0 Å². The first-order chi connectivity index (χ1) is 8.82. The topological polar surface area (TPSA) is 52.8 Å². The van der Waals surface area contributed by atoms with E-state index in [4.69, 9.17) is 5.73 Å². The van der Waals surface area contributed by atoms with E-state index in [9.17, 15) is 4.79 Å². The second-order valence-corrected chi connectivity index (χ2v) is 5.20. The number of nitrogens with two attached hydrogens (primary N) is 1. The van der Waals surface area contributed by atoms with Crippen LogP contribution in [0.3, 0.4) is 0 Å². The molecule has 0 unspecified atom stereocenters. The number of amides is 1. The first-order valence-electron chi connectivity index (χ1n) is 6.30. The van der Waals surface area contributed by atoms with Gasteiger partial charge >= 0.3 is 0 Å². The van der Waals surface area contributed by atoms with Crippen molar-refractivity contribution in [3.8, 4) is 0 Å². The molecule has 0 fully saturated rings. The zero-order valence-corrected chi connectivity index (χ0v) is 12.5. The fourth-order valence-electron chi connectivity index (χ4n) is 1.76. The van der Waals surface area contributed by atoms with Crippen LogP contribution in [0.25, 0.3) is 0 Å². The Labute approximate surface area is 115 Å². The summed E-state index contributed by atoms with van der Waals surface area (Å²) in [5, 5.41) is 0. The first-order valence-corrected chi connectivity index (χ1v) is 6.30. The van der Waals surface area contributed by atoms with Crippen molar-refractivity contribution in [3.63, 3.8) is 0 Å². The molecule has 0 heterocycles. The van der Waals surface area contributed by atoms with Crippen LogP contribution in [0.5, 0.6) is 0 Å². The molecule has 0 spiro atoms. The lowest BCUT2D eigenvalue weighted by Gasteiger charge is -2.23. The van der Waals surface area contributed by atoms with Gasteiger partial charge < -0.3 is 20.4 Å². The molecule has 0 saturated carbocycles. The number of nitrogens with zero attached hydrogens (tertiary/aromatic N) is 3. The highest BCUT2D eigenvalue weighted by Crippen LogP contribution is 2.23. The fraction of sp³-hybridized carbons (Fsp3) is 0.500. The Hall–Kier alpha value is -1.75. The van der Waals surface area contributed by atoms with Crippen LogP contribution < -0.4 is 10.6 Å². The molecule has 0 saturated heterocycles. The third-order valence-corrected chi connectivity index (χ3v) is 2.97. The number of nitrogen functional groups attached to an aromatic ring is 1. The normalized spacial score (nSPS) is 10.6. The Morgan fingerprint density at radius 3 is 2.21 bits per heavy atom. The summed E-state index contributed by atoms with van der Waals surface area (Å²) >= 11 is 0. The van der Waals surface area contributed by atoms with E-state index in [1.54, 1.807) is 25.1 Å². The predicted molar refractivity (Wildman–Crippen MR) is 80.7 cm³/mol. The van der Waals surface area contributed by atoms with Crippen molar-refractivity contribution < 1.29 is 4.79 Å². The van der Waals surface area contributed by atoms with Gasteiger partial charge in [0.05, 0.1) is 11.4 Å². The molecule has 5 heteroatoms. The van der Waals surface area contributed by atoms with Crippen molar-refractivity contribution >= 4 is 17.3 Å². The molecule has 0 aromatic heterocycles. The van der Waals surface area contributed by atoms with Gasteiger partial charge in [-0.2, -0.15) is 0 Å². The molecule has 2 N–H and O–H groups in total. The molecular formula is C14H24N4O. The Balaban J connectivity index is 2.85. The van der Waals surface area contributed by atoms with Crippen molar-refractivity contribution in [2.24, 2.45) is 0 Å². The second kappa shape index (κ2) is 6.43. The van der Waals surface area contributed by atoms with Gasteiger partial charge in [0.15, 0.2) is 0 Å². The lowest BCUT2D eigenvalue weighted by atomic mass is 10.1. The van der Waals surface area contributed by atoms with Crippen LogP contribution in [0.4, 0.5) is 11.4 Å². The first kappa shape index (κ1) is 15.3. The molecule has 0 aliphatic heterocycles. The summed E-state index contributed by atoms with van der Waals surface area (Å²) in [6.45, 7) is 1.84. The van der Waals surface area contributed by atoms with Crippen molar-refractivity contribution in [2.75, 3.05) is 59.0 Å². The number of likely N-dealkylation sites (N-methyl/N-ethyl adjacent to an activating group) is 2. The number of carbonyl (C=O) groups is 1. The number of carbonyl (C=O) groups excluding carboxylic acids is 1. The molecule has 106 valence electrons. The highest BCUT2D eigenvalue weighted by atomic mass is 16.2. The summed E-state index contributed by atoms with van der Waals surface area (Å²) in [4.78, 5) is 17.6. The highest BCUT2D eigenvalue weighted by Gasteiger charge is 2.11. The molecule has 0 radical (unpaired) electrons. The van der Waals surface area contributed by atoms with Gasteiger partial charge in [-0.05, 0) is 32.3 Å². The van der Waals surface area contributed by atoms with E-state index in [0.717, 1.165) is 18.8 Å². The standard InChI is InChI=1S/C14H24N4O/c1-16(2)8-9-18(5)13-7-6-11(10-12(13)15)14(19)17(3)4/h6-7,10H,8-9,15H2,1-5H3. The maximum absolute atomic E-state index is 11.8. The monoisotopic (exact) mass is 264 g/mol. The maximum atomic E-state index is 11.8. The number of rotatable bonds is 5. The van der Waals surface area contributed by atoms with Gasteiger partial charge in [0.25, 0.3) is 5.91 Å². The van der Waals surface area contributed by atoms with Gasteiger partial charge in [-0.3, -0.25) is 4.79 Å². The van der Waals surface area contributed by atoms with Crippen LogP contribution in [0.15, 0.2) is 18.2 Å². The minimum atomic E-state index is -0.0332. The number of hydrogen-bond donors (Lipinski definition) is 1. The van der Waals surface area contributed by atoms with Crippen LogP contribution in [0.2, 0.25) is 0 Å². The predicted octanol–water partition coefficient (Wildman–Crippen LogP) is 0.968. The van der Waals surface area contributed by atoms with Gasteiger partial charge in [-0.15, -0.1) is 0 Å². The molecule has 1 amide bonds. The van der Waals surface area contributed by atoms with Gasteiger partial charge in [0.2, 0.25) is 0 Å². The van der Waals surface area contributed by atoms with Crippen molar-refractivity contribution in [1.29, 1.82) is 0 Å². The Kier molecular flexibility index (Phi) is 5.18. The summed E-state index contributed by atoms with van der Waals surface area (Å²) in [5.74, 6) is -0.0332. The van der Waals surface area contributed by atoms with E-state index in [0.29, 0.717) is 11.3 Å². The van der Waals surface area contributed by atoms with E-state index in [-0.39, 0.29) is 5.91 Å². The highest BCUT2D eigenvalue weighted by molar-refractivity contribution is 5.95. The molecule has 0 aliphatic carbocycles. The number of hydrogen-bond acceptors (Lipinski definition) is 4. The van der Waals surface area contributed by atoms with Gasteiger partial charge in [-0.1, -0.05) is 0 Å². The summed E-state index contributed by atoms with van der Waals surface area (Å²) in [7, 11) is 9.54. The van der Waals surface area contributed by atoms with E-state index in [1.165, 1.54) is 0 Å². The van der Waals surface area contributed by atoms with Crippen molar-refractivity contribution in [2.45, 2.75) is 0 Å². The molecule has 19 heavy (non-hydrogen) atoms. The Morgan fingerprint density at radius 2 is 1.74 bits per heavy atom. The van der Waals surface area contributed by atoms with Gasteiger partial charge in [0.1, 0.15) is 0 Å². The quantitative estimate of drug-likeness (QED) is 0.805. The van der Waals surface area contributed by atoms with E-state index in [1.807, 2.05) is 33.3 Å². The van der Waals surface area contributed by atoms with Crippen LogP contribution in [-0.2, 0) is 0 Å². The minimum absolute atomic E-state index is 0.0332. The van der Waals surface area contributed by atoms with Crippen LogP contribution in [0.1, 0.15) is 10.4 Å². The molecule has 0 aliphatic rings. The van der Waals surface area contributed by atoms with Crippen molar-refractivity contribution in [1.82, 2.24) is 9.80 Å². The third-order valence-electron chi connectivity index (χ3n) is 2.97. The van der Waals surface area contributed by atoms with Gasteiger partial charge in [0, 0.05) is 39.8 Å². The summed E-state index contributed by atoms with van der Waals surface area (Å²) in [6, 6.07) is 5.46. The average Bonchev–Trinajstić information content (AvgIpc) is 2.34. The van der Waals surface area contributed by atoms with Crippen LogP contribution >= 0.6 is 0 Å². The molecule has 1 rings (SSSR count). The Morgan fingerprint density at radius 1 is 1.11 bits per heavy atom. The fourth-order valence-corrected chi connectivity index (χ4v) is 1.76. The minimum Gasteiger partial charge on any atom is -0.397 e. The van der Waals surface area contributed by atoms with E-state index >= 15 is 0 Å². The Bertz CT molecular complexity index is 443. The zero-order valence-electron chi connectivity index (χ0n) is 12.5. The second-order valence-electron chi connectivity index (χ2n) is 5.20. The molecular weight excluding hydrogens is 240 g/mol. The van der Waals surface area contributed by atoms with Crippen LogP contribution in [0, 0.1) is 0 Å². The average molecular weight is 264 g/mol. The number of anilines is 2. The number of benzene rings is 1. The smallest absolute Gasteiger partial charge is 0.253 e. The third kappa shape index (κ3) is 4.13. The SMILES string of the molecule is CN(C)CCN(C)c1ccc(C(=O)N(C)C)cc1N. The molecule has 5 nitrogen and oxygen atoms in total. The lowest BCUT2D eigenvalue weighted by molar-refractivity contribution is 0.0827. The molecule has 1 aromatic rings. The summed E-state index contributed by atoms with van der Waals surface area (Å²) in [5.41, 5.74) is 8.25. The van der Waals surface area contributed by atoms with E-state index in [2.05, 4.69) is 9.80 Å². The largest absolute Gasteiger partial charge is 0.397 e. The lowest BCUT2D eigenvalue weighted by Crippen LogP contribution is -2.29. The summed E-state index contributed by atoms with van der Waals surface area (Å²) in [6.07, 6.45) is 0. The molecule has 0 bridgehead atoms. The molecule has 1 aromatic carbocycles.